The van der Waals surface area contributed by atoms with Crippen LogP contribution in [0.3, 0.4) is 0 Å². The van der Waals surface area contributed by atoms with Gasteiger partial charge in [0.1, 0.15) is 11.5 Å². The number of phenols is 2. The topological polar surface area (TPSA) is 77.8 Å². The van der Waals surface area contributed by atoms with Gasteiger partial charge in [0, 0.05) is 11.6 Å². The molecule has 14 heavy (non-hydrogen) atoms. The van der Waals surface area contributed by atoms with E-state index in [-0.39, 0.29) is 11.5 Å². The molecule has 3 N–H and O–H groups in total. The lowest BCUT2D eigenvalue weighted by atomic mass is 9.95. The van der Waals surface area contributed by atoms with E-state index in [0.717, 1.165) is 0 Å². The maximum absolute atomic E-state index is 10.9. The number of aromatic hydroxyl groups is 2. The van der Waals surface area contributed by atoms with Crippen molar-refractivity contribution in [2.75, 3.05) is 0 Å². The van der Waals surface area contributed by atoms with Crippen molar-refractivity contribution in [1.82, 2.24) is 0 Å². The highest BCUT2D eigenvalue weighted by molar-refractivity contribution is 5.86. The molecule has 1 aromatic carbocycles. The first kappa shape index (κ1) is 8.87. The molecule has 0 heterocycles. The van der Waals surface area contributed by atoms with Gasteiger partial charge in [-0.15, -0.1) is 0 Å². The molecule has 0 amide bonds. The standard InChI is InChI=1S/C10H10O4/c11-6-1-2-7(8(12)5-6)10(3-4-10)9(13)14/h1-2,5,11-12H,3-4H2,(H,13,14). The van der Waals surface area contributed by atoms with Gasteiger partial charge in [0.05, 0.1) is 5.41 Å². The highest BCUT2D eigenvalue weighted by atomic mass is 16.4. The number of carboxylic acids is 1. The molecule has 0 aromatic heterocycles. The van der Waals surface area contributed by atoms with Crippen molar-refractivity contribution in [2.24, 2.45) is 0 Å². The second kappa shape index (κ2) is 2.64. The van der Waals surface area contributed by atoms with Crippen LogP contribution in [0.2, 0.25) is 0 Å². The van der Waals surface area contributed by atoms with Crippen molar-refractivity contribution in [1.29, 1.82) is 0 Å². The van der Waals surface area contributed by atoms with Crippen LogP contribution in [0.15, 0.2) is 18.2 Å². The normalized spacial score (nSPS) is 17.7. The van der Waals surface area contributed by atoms with Crippen LogP contribution in [0.5, 0.6) is 11.5 Å². The van der Waals surface area contributed by atoms with E-state index >= 15 is 0 Å². The zero-order valence-corrected chi connectivity index (χ0v) is 7.40. The fourth-order valence-electron chi connectivity index (χ4n) is 1.65. The van der Waals surface area contributed by atoms with Crippen molar-refractivity contribution in [3.63, 3.8) is 0 Å². The van der Waals surface area contributed by atoms with Crippen LogP contribution < -0.4 is 0 Å². The lowest BCUT2D eigenvalue weighted by Gasteiger charge is -2.11. The summed E-state index contributed by atoms with van der Waals surface area (Å²) >= 11 is 0. The van der Waals surface area contributed by atoms with Crippen LogP contribution in [0.4, 0.5) is 0 Å². The number of aliphatic carboxylic acids is 1. The summed E-state index contributed by atoms with van der Waals surface area (Å²) in [6.45, 7) is 0. The number of carboxylic acid groups (broad SMARTS) is 1. The quantitative estimate of drug-likeness (QED) is 0.661. The van der Waals surface area contributed by atoms with E-state index in [1.165, 1.54) is 18.2 Å². The molecule has 4 nitrogen and oxygen atoms in total. The highest BCUT2D eigenvalue weighted by Crippen LogP contribution is 2.51. The average Bonchev–Trinajstić information content (AvgIpc) is 2.84. The Morgan fingerprint density at radius 1 is 1.29 bits per heavy atom. The minimum atomic E-state index is -0.919. The molecule has 1 aliphatic rings. The van der Waals surface area contributed by atoms with Crippen LogP contribution in [0.1, 0.15) is 18.4 Å². The largest absolute Gasteiger partial charge is 0.508 e. The van der Waals surface area contributed by atoms with Gasteiger partial charge in [-0.1, -0.05) is 6.07 Å². The molecule has 1 saturated carbocycles. The number of phenolic OH excluding ortho intramolecular Hbond substituents is 2. The second-order valence-corrected chi connectivity index (χ2v) is 3.59. The average molecular weight is 194 g/mol. The smallest absolute Gasteiger partial charge is 0.314 e. The van der Waals surface area contributed by atoms with Crippen LogP contribution in [0, 0.1) is 0 Å². The van der Waals surface area contributed by atoms with Crippen molar-refractivity contribution < 1.29 is 20.1 Å². The van der Waals surface area contributed by atoms with E-state index in [2.05, 4.69) is 0 Å². The second-order valence-electron chi connectivity index (χ2n) is 3.59. The van der Waals surface area contributed by atoms with E-state index in [4.69, 9.17) is 10.2 Å². The van der Waals surface area contributed by atoms with Gasteiger partial charge in [-0.2, -0.15) is 0 Å². The van der Waals surface area contributed by atoms with Gasteiger partial charge in [0.15, 0.2) is 0 Å². The van der Waals surface area contributed by atoms with E-state index < -0.39 is 11.4 Å². The van der Waals surface area contributed by atoms with E-state index in [9.17, 15) is 9.90 Å². The summed E-state index contributed by atoms with van der Waals surface area (Å²) in [5, 5.41) is 27.5. The number of carbonyl (C=O) groups is 1. The molecule has 0 aliphatic heterocycles. The minimum Gasteiger partial charge on any atom is -0.508 e. The molecule has 74 valence electrons. The van der Waals surface area contributed by atoms with E-state index in [1.54, 1.807) is 0 Å². The monoisotopic (exact) mass is 194 g/mol. The molecular formula is C10H10O4. The van der Waals surface area contributed by atoms with Crippen LogP contribution >= 0.6 is 0 Å². The van der Waals surface area contributed by atoms with Gasteiger partial charge in [-0.3, -0.25) is 4.79 Å². The predicted octanol–water partition coefficient (Wildman–Crippen LogP) is 1.21. The van der Waals surface area contributed by atoms with Gasteiger partial charge < -0.3 is 15.3 Å². The summed E-state index contributed by atoms with van der Waals surface area (Å²) in [5.41, 5.74) is -0.527. The Morgan fingerprint density at radius 2 is 1.93 bits per heavy atom. The maximum Gasteiger partial charge on any atom is 0.314 e. The number of benzene rings is 1. The van der Waals surface area contributed by atoms with E-state index in [0.29, 0.717) is 18.4 Å². The molecule has 0 bridgehead atoms. The Labute approximate surface area is 80.4 Å². The van der Waals surface area contributed by atoms with Crippen LogP contribution in [-0.2, 0) is 10.2 Å². The molecule has 0 radical (unpaired) electrons. The third-order valence-electron chi connectivity index (χ3n) is 2.66. The fourth-order valence-corrected chi connectivity index (χ4v) is 1.65. The van der Waals surface area contributed by atoms with E-state index in [1.807, 2.05) is 0 Å². The number of hydrogen-bond donors (Lipinski definition) is 3. The summed E-state index contributed by atoms with van der Waals surface area (Å²) < 4.78 is 0. The number of rotatable bonds is 2. The minimum absolute atomic E-state index is 0.0626. The molecule has 0 spiro atoms. The summed E-state index contributed by atoms with van der Waals surface area (Å²) in [7, 11) is 0. The first-order valence-electron chi connectivity index (χ1n) is 4.32. The molecule has 4 heteroatoms. The Kier molecular flexibility index (Phi) is 1.67. The van der Waals surface area contributed by atoms with Crippen molar-refractivity contribution in [2.45, 2.75) is 18.3 Å². The lowest BCUT2D eigenvalue weighted by molar-refractivity contribution is -0.140. The first-order valence-corrected chi connectivity index (χ1v) is 4.32. The summed E-state index contributed by atoms with van der Waals surface area (Å²) in [6, 6.07) is 4.02. The van der Waals surface area contributed by atoms with Gasteiger partial charge in [-0.25, -0.2) is 0 Å². The Hall–Kier alpha value is -1.71. The van der Waals surface area contributed by atoms with Crippen molar-refractivity contribution in [3.05, 3.63) is 23.8 Å². The zero-order chi connectivity index (χ0) is 10.3. The van der Waals surface area contributed by atoms with Gasteiger partial charge in [-0.05, 0) is 18.9 Å². The summed E-state index contributed by atoms with van der Waals surface area (Å²) in [4.78, 5) is 10.9. The summed E-state index contributed by atoms with van der Waals surface area (Å²) in [5.74, 6) is -1.13. The molecule has 1 aliphatic carbocycles. The highest BCUT2D eigenvalue weighted by Gasteiger charge is 2.53. The molecule has 0 saturated heterocycles. The number of hydrogen-bond acceptors (Lipinski definition) is 3. The molecule has 1 aromatic rings. The third kappa shape index (κ3) is 1.11. The first-order chi connectivity index (χ1) is 6.56. The lowest BCUT2D eigenvalue weighted by Crippen LogP contribution is -2.19. The zero-order valence-electron chi connectivity index (χ0n) is 7.40. The maximum atomic E-state index is 10.9. The molecule has 1 fully saturated rings. The van der Waals surface area contributed by atoms with Crippen molar-refractivity contribution >= 4 is 5.97 Å². The van der Waals surface area contributed by atoms with Crippen LogP contribution in [0.25, 0.3) is 0 Å². The Bertz CT molecular complexity index is 393. The molecule has 0 unspecified atom stereocenters. The van der Waals surface area contributed by atoms with Crippen LogP contribution in [-0.4, -0.2) is 21.3 Å². The van der Waals surface area contributed by atoms with Gasteiger partial charge >= 0.3 is 5.97 Å². The predicted molar refractivity (Wildman–Crippen MR) is 48.3 cm³/mol. The summed E-state index contributed by atoms with van der Waals surface area (Å²) in [6.07, 6.45) is 1.08. The van der Waals surface area contributed by atoms with Gasteiger partial charge in [0.25, 0.3) is 0 Å². The SMILES string of the molecule is O=C(O)C1(c2ccc(O)cc2O)CC1. The fraction of sp³-hybridized carbons (Fsp3) is 0.300. The molecular weight excluding hydrogens is 184 g/mol. The van der Waals surface area contributed by atoms with Gasteiger partial charge in [0.2, 0.25) is 0 Å². The Balaban J connectivity index is 2.47. The Morgan fingerprint density at radius 3 is 2.36 bits per heavy atom. The third-order valence-corrected chi connectivity index (χ3v) is 2.66. The molecule has 0 atom stereocenters. The molecule has 2 rings (SSSR count). The van der Waals surface area contributed by atoms with Crippen molar-refractivity contribution in [3.8, 4) is 11.5 Å².